The van der Waals surface area contributed by atoms with Crippen LogP contribution in [0.4, 0.5) is 19.2 Å². The number of nitrogens with one attached hydrogen (secondary N) is 4. The molecule has 4 aliphatic carbocycles. The Bertz CT molecular complexity index is 1790. The maximum Gasteiger partial charge on any atom is 0.408 e. The fourth-order valence-corrected chi connectivity index (χ4v) is 6.74. The second-order valence-corrected chi connectivity index (χ2v) is 21.0. The number of hydrogen-bond donors (Lipinski definition) is 5. The van der Waals surface area contributed by atoms with Crippen LogP contribution in [0.25, 0.3) is 0 Å². The second-order valence-electron chi connectivity index (χ2n) is 21.0. The van der Waals surface area contributed by atoms with Crippen LogP contribution in [-0.4, -0.2) is 118 Å². The molecular weight excluding hydrogens is 961 g/mol. The van der Waals surface area contributed by atoms with Crippen LogP contribution in [0.2, 0.25) is 0 Å². The van der Waals surface area contributed by atoms with Gasteiger partial charge in [-0.2, -0.15) is 0 Å². The molecule has 0 aromatic rings. The molecule has 4 aliphatic rings. The Balaban J connectivity index is -0.000000434. The first-order chi connectivity index (χ1) is 32.0. The molecule has 20 nitrogen and oxygen atoms in total. The minimum atomic E-state index is -1.22. The van der Waals surface area contributed by atoms with Gasteiger partial charge in [-0.05, 0) is 130 Å². The molecule has 8 atom stereocenters. The average molecular weight is 1060 g/mol. The summed E-state index contributed by atoms with van der Waals surface area (Å²) in [5.41, 5.74) is -6.61. The summed E-state index contributed by atoms with van der Waals surface area (Å²) < 4.78 is 35.4. The molecule has 74 heavy (non-hydrogen) atoms. The van der Waals surface area contributed by atoms with Crippen LogP contribution in [0.5, 0.6) is 0 Å². The molecule has 428 valence electrons. The van der Waals surface area contributed by atoms with Crippen LogP contribution >= 0.6 is 0 Å². The molecule has 0 unspecified atom stereocenters. The van der Waals surface area contributed by atoms with Gasteiger partial charge in [-0.15, -0.1) is 26.3 Å². The number of carbonyl (C=O) groups is 8. The zero-order valence-corrected chi connectivity index (χ0v) is 44.0. The Hall–Kier alpha value is -6.08. The lowest BCUT2D eigenvalue weighted by Gasteiger charge is -2.23. The summed E-state index contributed by atoms with van der Waals surface area (Å²) >= 11 is 0. The van der Waals surface area contributed by atoms with Crippen molar-refractivity contribution in [1.82, 2.24) is 21.3 Å². The lowest BCUT2D eigenvalue weighted by molar-refractivity contribution is -0.148. The molecule has 0 aliphatic heterocycles. The van der Waals surface area contributed by atoms with E-state index in [4.69, 9.17) is 38.3 Å². The third kappa shape index (κ3) is 22.6. The van der Waals surface area contributed by atoms with Crippen molar-refractivity contribution in [3.63, 3.8) is 0 Å². The van der Waals surface area contributed by atoms with Gasteiger partial charge in [0.25, 0.3) is 0 Å². The molecule has 0 bridgehead atoms. The van der Waals surface area contributed by atoms with Crippen LogP contribution in [-0.2, 0) is 52.3 Å². The number of alkyl carbamates (subject to hydrolysis) is 4. The van der Waals surface area contributed by atoms with E-state index < -0.39 is 92.8 Å². The lowest BCUT2D eigenvalue weighted by Crippen LogP contribution is -2.47. The van der Waals surface area contributed by atoms with Crippen molar-refractivity contribution in [3.8, 4) is 0 Å². The Morgan fingerprint density at radius 3 is 0.730 bits per heavy atom. The number of carboxylic acids is 1. The standard InChI is InChI=1S/3C13H21NO4.C11H17NO4.4CH4/c3*1-6-9-8-13(9,10(15)17-7-2)14-11(16)18-12(3,4)5;1-5-7-6-11(7,8(13)14)12-9(15)16-10(2,3)4;;;;/h3*6,9H,1,7-8H2,2-5H3,(H,14,16);5,7H,1,6H2,2-4H3,(H,12,15)(H,13,14);4*1H4/t3*9-,13-;7-,11-;;;;/m1100..../s1. The quantitative estimate of drug-likeness (QED) is 0.0580. The molecule has 4 saturated carbocycles. The van der Waals surface area contributed by atoms with Gasteiger partial charge in [-0.1, -0.05) is 54.0 Å². The Labute approximate surface area is 442 Å². The topological polar surface area (TPSA) is 270 Å². The highest BCUT2D eigenvalue weighted by Crippen LogP contribution is 2.48. The van der Waals surface area contributed by atoms with E-state index in [-0.39, 0.29) is 73.2 Å². The molecule has 0 heterocycles. The molecule has 0 aromatic carbocycles. The summed E-state index contributed by atoms with van der Waals surface area (Å²) in [5, 5.41) is 19.2. The smallest absolute Gasteiger partial charge is 0.408 e. The van der Waals surface area contributed by atoms with Crippen LogP contribution in [0.1, 0.15) is 159 Å². The maximum atomic E-state index is 11.9. The molecule has 4 rings (SSSR count). The molecule has 0 radical (unpaired) electrons. The zero-order valence-electron chi connectivity index (χ0n) is 44.0. The molecule has 0 saturated heterocycles. The van der Waals surface area contributed by atoms with E-state index in [0.29, 0.717) is 25.7 Å². The van der Waals surface area contributed by atoms with Gasteiger partial charge in [0, 0.05) is 23.7 Å². The van der Waals surface area contributed by atoms with Gasteiger partial charge in [0.05, 0.1) is 19.8 Å². The predicted molar refractivity (Wildman–Crippen MR) is 286 cm³/mol. The lowest BCUT2D eigenvalue weighted by atomic mass is 10.2. The SMILES string of the molecule is C.C.C.C.C=C[C@@H]1C[C@]1(NC(=O)OC(C)(C)C)C(=O)OCC.C=C[C@@H]1C[C@]1(NC(=O)OC(C)(C)C)C(=O)OCC.C=C[C@H]1C[C@@]1(NC(=O)OC(C)(C)C)C(=O)O.C=C[C@H]1C[C@@]1(NC(=O)OC(C)(C)C)C(=O)OCC. The van der Waals surface area contributed by atoms with E-state index in [9.17, 15) is 38.4 Å². The van der Waals surface area contributed by atoms with E-state index in [1.54, 1.807) is 122 Å². The first-order valence-corrected chi connectivity index (χ1v) is 23.3. The summed E-state index contributed by atoms with van der Waals surface area (Å²) in [4.78, 5) is 93.2. The monoisotopic (exact) mass is 1060 g/mol. The largest absolute Gasteiger partial charge is 0.479 e. The highest BCUT2D eigenvalue weighted by atomic mass is 16.6. The third-order valence-corrected chi connectivity index (χ3v) is 10.4. The number of carboxylic acid groups (broad SMARTS) is 1. The number of aliphatic carboxylic acids is 1. The van der Waals surface area contributed by atoms with E-state index in [2.05, 4.69) is 47.6 Å². The molecule has 5 N–H and O–H groups in total. The van der Waals surface area contributed by atoms with Gasteiger partial charge in [0.2, 0.25) is 0 Å². The summed E-state index contributed by atoms with van der Waals surface area (Å²) in [7, 11) is 0. The molecule has 0 spiro atoms. The van der Waals surface area contributed by atoms with Crippen molar-refractivity contribution < 1.29 is 76.6 Å². The number of hydrogen-bond acceptors (Lipinski definition) is 15. The number of rotatable bonds is 15. The number of esters is 3. The van der Waals surface area contributed by atoms with Crippen LogP contribution in [0.15, 0.2) is 50.6 Å². The highest BCUT2D eigenvalue weighted by Gasteiger charge is 2.64. The van der Waals surface area contributed by atoms with E-state index in [0.717, 1.165) is 0 Å². The first-order valence-electron chi connectivity index (χ1n) is 23.3. The molecule has 20 heteroatoms. The maximum absolute atomic E-state index is 11.9. The second kappa shape index (κ2) is 29.1. The zero-order chi connectivity index (χ0) is 54.5. The van der Waals surface area contributed by atoms with Gasteiger partial charge in [0.15, 0.2) is 0 Å². The third-order valence-electron chi connectivity index (χ3n) is 10.4. The van der Waals surface area contributed by atoms with Crippen LogP contribution in [0, 0.1) is 23.7 Å². The summed E-state index contributed by atoms with van der Waals surface area (Å²) in [6.07, 6.45) is 5.82. The fourth-order valence-electron chi connectivity index (χ4n) is 6.74. The normalized spacial score (nSPS) is 25.1. The Kier molecular flexibility index (Phi) is 29.3. The van der Waals surface area contributed by atoms with Gasteiger partial charge in [0.1, 0.15) is 44.6 Å². The average Bonchev–Trinajstić information content (AvgIpc) is 4.06. The Morgan fingerprint density at radius 1 is 0.419 bits per heavy atom. The van der Waals surface area contributed by atoms with Crippen molar-refractivity contribution >= 4 is 48.3 Å². The summed E-state index contributed by atoms with van der Waals surface area (Å²) in [6.45, 7) is 41.5. The summed E-state index contributed by atoms with van der Waals surface area (Å²) in [5.74, 6) is -2.85. The molecule has 4 fully saturated rings. The van der Waals surface area contributed by atoms with E-state index in [1.807, 2.05) is 0 Å². The number of carbonyl (C=O) groups excluding carboxylic acids is 7. The first kappa shape index (κ1) is 74.4. The minimum absolute atomic E-state index is 0. The van der Waals surface area contributed by atoms with Gasteiger partial charge >= 0.3 is 48.3 Å². The predicted octanol–water partition coefficient (Wildman–Crippen LogP) is 10.1. The van der Waals surface area contributed by atoms with Crippen molar-refractivity contribution in [2.45, 2.75) is 204 Å². The van der Waals surface area contributed by atoms with Gasteiger partial charge < -0.3 is 59.5 Å². The number of amides is 4. The van der Waals surface area contributed by atoms with Crippen molar-refractivity contribution in [2.24, 2.45) is 23.7 Å². The molecule has 0 aromatic heterocycles. The van der Waals surface area contributed by atoms with Crippen LogP contribution in [0.3, 0.4) is 0 Å². The van der Waals surface area contributed by atoms with Crippen molar-refractivity contribution in [1.29, 1.82) is 0 Å². The molecule has 4 amide bonds. The molecular formula is C54H96N4O16. The van der Waals surface area contributed by atoms with Crippen molar-refractivity contribution in [3.05, 3.63) is 50.6 Å². The van der Waals surface area contributed by atoms with Crippen LogP contribution < -0.4 is 21.3 Å². The Morgan fingerprint density at radius 2 is 0.595 bits per heavy atom. The van der Waals surface area contributed by atoms with Gasteiger partial charge in [-0.3, -0.25) is 0 Å². The summed E-state index contributed by atoms with van der Waals surface area (Å²) in [6, 6.07) is 0. The minimum Gasteiger partial charge on any atom is -0.479 e. The number of ether oxygens (including phenoxy) is 7. The fraction of sp³-hybridized carbons (Fsp3) is 0.704. The van der Waals surface area contributed by atoms with Gasteiger partial charge in [-0.25, -0.2) is 38.4 Å². The van der Waals surface area contributed by atoms with Crippen molar-refractivity contribution in [2.75, 3.05) is 19.8 Å². The van der Waals surface area contributed by atoms with E-state index in [1.165, 1.54) is 6.08 Å². The van der Waals surface area contributed by atoms with E-state index >= 15 is 0 Å². The highest BCUT2D eigenvalue weighted by molar-refractivity contribution is 5.92.